The van der Waals surface area contributed by atoms with E-state index in [4.69, 9.17) is 5.84 Å². The van der Waals surface area contributed by atoms with E-state index < -0.39 is 10.0 Å². The van der Waals surface area contributed by atoms with E-state index in [9.17, 15) is 8.42 Å². The molecule has 4 N–H and O–H groups in total. The summed E-state index contributed by atoms with van der Waals surface area (Å²) < 4.78 is 24.3. The normalized spacial score (nSPS) is 17.6. The van der Waals surface area contributed by atoms with Crippen LogP contribution in [-0.4, -0.2) is 31.5 Å². The summed E-state index contributed by atoms with van der Waals surface area (Å²) in [6.07, 6.45) is 4.54. The first-order chi connectivity index (χ1) is 8.63. The molecule has 1 fully saturated rings. The van der Waals surface area contributed by atoms with Gasteiger partial charge in [0.15, 0.2) is 5.03 Å². The Hall–Kier alpha value is -1.22. The Morgan fingerprint density at radius 2 is 2.00 bits per heavy atom. The van der Waals surface area contributed by atoms with Crippen LogP contribution in [0, 0.1) is 0 Å². The molecule has 2 heterocycles. The summed E-state index contributed by atoms with van der Waals surface area (Å²) in [5.41, 5.74) is 2.62. The van der Waals surface area contributed by atoms with E-state index >= 15 is 0 Å². The molecule has 0 unspecified atom stereocenters. The van der Waals surface area contributed by atoms with E-state index in [1.165, 1.54) is 6.20 Å². The first kappa shape index (κ1) is 13.2. The van der Waals surface area contributed by atoms with Crippen molar-refractivity contribution in [2.45, 2.75) is 24.3 Å². The monoisotopic (exact) mass is 271 g/mol. The number of pyridine rings is 1. The summed E-state index contributed by atoms with van der Waals surface area (Å²) >= 11 is 0. The highest BCUT2D eigenvalue weighted by Crippen LogP contribution is 2.17. The number of nitrogens with zero attached hydrogens (tertiary/aromatic N) is 2. The van der Waals surface area contributed by atoms with Crippen LogP contribution >= 0.6 is 0 Å². The summed E-state index contributed by atoms with van der Waals surface area (Å²) in [6, 6.07) is 3.19. The second-order valence-electron chi connectivity index (χ2n) is 4.14. The number of nitrogen functional groups attached to an aromatic ring is 1. The quantitative estimate of drug-likeness (QED) is 0.528. The van der Waals surface area contributed by atoms with Gasteiger partial charge in [-0.2, -0.15) is 0 Å². The van der Waals surface area contributed by atoms with Crippen molar-refractivity contribution in [2.24, 2.45) is 5.84 Å². The van der Waals surface area contributed by atoms with Gasteiger partial charge in [0.25, 0.3) is 10.0 Å². The average Bonchev–Trinajstić information content (AvgIpc) is 2.39. The number of nitrogens with two attached hydrogens (primary N) is 1. The third-order valence-electron chi connectivity index (χ3n) is 2.79. The number of aromatic nitrogens is 1. The van der Waals surface area contributed by atoms with Crippen LogP contribution in [0.3, 0.4) is 0 Å². The van der Waals surface area contributed by atoms with Gasteiger partial charge in [0.05, 0.1) is 5.69 Å². The van der Waals surface area contributed by atoms with Crippen LogP contribution in [-0.2, 0) is 10.0 Å². The minimum absolute atomic E-state index is 0.0851. The highest BCUT2D eigenvalue weighted by atomic mass is 32.2. The summed E-state index contributed by atoms with van der Waals surface area (Å²) in [6.45, 7) is 1.44. The topological polar surface area (TPSA) is 100 Å². The number of sulfonamides is 1. The van der Waals surface area contributed by atoms with Gasteiger partial charge in [-0.25, -0.2) is 18.4 Å². The minimum Gasteiger partial charge on any atom is -0.321 e. The summed E-state index contributed by atoms with van der Waals surface area (Å²) in [4.78, 5) is 6.40. The lowest BCUT2D eigenvalue weighted by Crippen LogP contribution is -2.45. The van der Waals surface area contributed by atoms with Crippen LogP contribution in [0.4, 0.5) is 5.69 Å². The Kier molecular flexibility index (Phi) is 4.12. The van der Waals surface area contributed by atoms with Gasteiger partial charge in [-0.15, -0.1) is 4.83 Å². The van der Waals surface area contributed by atoms with E-state index in [-0.39, 0.29) is 10.7 Å². The van der Waals surface area contributed by atoms with Crippen LogP contribution < -0.4 is 16.1 Å². The number of hydrazine groups is 2. The number of nitrogens with one attached hydrogen (secondary N) is 2. The molecule has 18 heavy (non-hydrogen) atoms. The van der Waals surface area contributed by atoms with E-state index in [0.717, 1.165) is 32.4 Å². The zero-order chi connectivity index (χ0) is 13.0. The van der Waals surface area contributed by atoms with Crippen molar-refractivity contribution in [1.29, 1.82) is 0 Å². The number of hydrogen-bond donors (Lipinski definition) is 3. The predicted molar refractivity (Wildman–Crippen MR) is 67.8 cm³/mol. The maximum atomic E-state index is 12.2. The maximum absolute atomic E-state index is 12.2. The van der Waals surface area contributed by atoms with Gasteiger partial charge in [0.2, 0.25) is 0 Å². The fourth-order valence-corrected chi connectivity index (χ4v) is 3.14. The molecule has 1 aromatic rings. The molecule has 0 radical (unpaired) electrons. The average molecular weight is 271 g/mol. The van der Waals surface area contributed by atoms with E-state index in [0.29, 0.717) is 0 Å². The van der Waals surface area contributed by atoms with Gasteiger partial charge >= 0.3 is 0 Å². The molecule has 100 valence electrons. The third-order valence-corrected chi connectivity index (χ3v) is 4.12. The molecule has 1 aromatic heterocycles. The number of hydrogen-bond acceptors (Lipinski definition) is 6. The second kappa shape index (κ2) is 5.61. The first-order valence-electron chi connectivity index (χ1n) is 5.82. The standard InChI is InChI=1S/C10H17N5O2S/c11-13-9-5-4-6-12-10(9)18(16,17)14-15-7-2-1-3-8-15/h4-6,13-14H,1-3,7-8,11H2. The summed E-state index contributed by atoms with van der Waals surface area (Å²) in [7, 11) is -3.68. The number of rotatable bonds is 4. The number of anilines is 1. The highest BCUT2D eigenvalue weighted by Gasteiger charge is 2.23. The Labute approximate surface area is 106 Å². The van der Waals surface area contributed by atoms with Gasteiger partial charge in [-0.05, 0) is 25.0 Å². The molecule has 0 aliphatic carbocycles. The van der Waals surface area contributed by atoms with Crippen molar-refractivity contribution < 1.29 is 8.42 Å². The smallest absolute Gasteiger partial charge is 0.273 e. The molecule has 1 aliphatic rings. The van der Waals surface area contributed by atoms with Crippen LogP contribution in [0.5, 0.6) is 0 Å². The SMILES string of the molecule is NNc1cccnc1S(=O)(=O)NN1CCCCC1. The molecule has 0 atom stereocenters. The lowest BCUT2D eigenvalue weighted by molar-refractivity contribution is 0.199. The Morgan fingerprint density at radius 3 is 2.67 bits per heavy atom. The zero-order valence-corrected chi connectivity index (χ0v) is 10.8. The van der Waals surface area contributed by atoms with Crippen molar-refractivity contribution in [3.05, 3.63) is 18.3 Å². The van der Waals surface area contributed by atoms with Crippen LogP contribution in [0.25, 0.3) is 0 Å². The maximum Gasteiger partial charge on any atom is 0.273 e. The molecule has 8 heteroatoms. The zero-order valence-electron chi connectivity index (χ0n) is 9.96. The largest absolute Gasteiger partial charge is 0.321 e. The highest BCUT2D eigenvalue weighted by molar-refractivity contribution is 7.89. The van der Waals surface area contributed by atoms with E-state index in [1.807, 2.05) is 0 Å². The van der Waals surface area contributed by atoms with Crippen LogP contribution in [0.15, 0.2) is 23.4 Å². The third kappa shape index (κ3) is 2.96. The molecule has 0 saturated carbocycles. The fourth-order valence-electron chi connectivity index (χ4n) is 1.91. The lowest BCUT2D eigenvalue weighted by atomic mass is 10.2. The Bertz CT molecular complexity index is 499. The van der Waals surface area contributed by atoms with Gasteiger partial charge < -0.3 is 5.43 Å². The summed E-state index contributed by atoms with van der Waals surface area (Å²) in [5, 5.41) is 1.62. The van der Waals surface area contributed by atoms with Crippen molar-refractivity contribution in [3.8, 4) is 0 Å². The Balaban J connectivity index is 2.19. The van der Waals surface area contributed by atoms with E-state index in [1.54, 1.807) is 17.1 Å². The molecule has 0 spiro atoms. The minimum atomic E-state index is -3.68. The summed E-state index contributed by atoms with van der Waals surface area (Å²) in [5.74, 6) is 5.28. The van der Waals surface area contributed by atoms with Gasteiger partial charge in [0, 0.05) is 19.3 Å². The van der Waals surface area contributed by atoms with Crippen molar-refractivity contribution in [3.63, 3.8) is 0 Å². The molecule has 0 aromatic carbocycles. The molecule has 7 nitrogen and oxygen atoms in total. The van der Waals surface area contributed by atoms with Gasteiger partial charge in [-0.3, -0.25) is 5.84 Å². The molecule has 1 aliphatic heterocycles. The lowest BCUT2D eigenvalue weighted by Gasteiger charge is -2.26. The van der Waals surface area contributed by atoms with Crippen molar-refractivity contribution in [1.82, 2.24) is 14.8 Å². The first-order valence-corrected chi connectivity index (χ1v) is 7.31. The van der Waals surface area contributed by atoms with Crippen LogP contribution in [0.1, 0.15) is 19.3 Å². The molecule has 2 rings (SSSR count). The molecule has 0 bridgehead atoms. The van der Waals surface area contributed by atoms with Crippen molar-refractivity contribution in [2.75, 3.05) is 18.5 Å². The molecule has 0 amide bonds. The van der Waals surface area contributed by atoms with Gasteiger partial charge in [0.1, 0.15) is 0 Å². The fraction of sp³-hybridized carbons (Fsp3) is 0.500. The molecular formula is C10H17N5O2S. The number of piperidine rings is 1. The predicted octanol–water partition coefficient (Wildman–Crippen LogP) is 0.0464. The second-order valence-corrected chi connectivity index (χ2v) is 5.72. The molecular weight excluding hydrogens is 254 g/mol. The van der Waals surface area contributed by atoms with Gasteiger partial charge in [-0.1, -0.05) is 6.42 Å². The van der Waals surface area contributed by atoms with Crippen molar-refractivity contribution >= 4 is 15.7 Å². The Morgan fingerprint density at radius 1 is 1.28 bits per heavy atom. The van der Waals surface area contributed by atoms with E-state index in [2.05, 4.69) is 15.2 Å². The van der Waals surface area contributed by atoms with Crippen LogP contribution in [0.2, 0.25) is 0 Å². The molecule has 1 saturated heterocycles.